The molecule has 1 rings (SSSR count). The normalized spacial score (nSPS) is 10.0. The van der Waals surface area contributed by atoms with E-state index in [0.717, 1.165) is 6.07 Å². The second kappa shape index (κ2) is 6.02. The molecule has 0 aliphatic rings. The van der Waals surface area contributed by atoms with Crippen LogP contribution in [0.1, 0.15) is 15.9 Å². The lowest BCUT2D eigenvalue weighted by atomic mass is 10.1. The standard InChI is InChI=1S/C10H8N4O4/c11-13-12-5-1-2-7-3-4-8(10(15)16)6-9(7)14(17)18/h1-4,6H,5H2,(H,15,16). The van der Waals surface area contributed by atoms with E-state index >= 15 is 0 Å². The van der Waals surface area contributed by atoms with E-state index in [4.69, 9.17) is 10.6 Å². The van der Waals surface area contributed by atoms with Gasteiger partial charge in [-0.25, -0.2) is 4.79 Å². The van der Waals surface area contributed by atoms with Crippen LogP contribution in [0.4, 0.5) is 5.69 Å². The van der Waals surface area contributed by atoms with E-state index in [-0.39, 0.29) is 23.4 Å². The first-order valence-corrected chi connectivity index (χ1v) is 4.75. The van der Waals surface area contributed by atoms with Gasteiger partial charge in [-0.3, -0.25) is 10.1 Å². The second-order valence-corrected chi connectivity index (χ2v) is 3.15. The molecule has 92 valence electrons. The fourth-order valence-electron chi connectivity index (χ4n) is 1.24. The summed E-state index contributed by atoms with van der Waals surface area (Å²) in [5.41, 5.74) is 7.83. The Kier molecular flexibility index (Phi) is 4.42. The molecule has 0 bridgehead atoms. The summed E-state index contributed by atoms with van der Waals surface area (Å²) in [5.74, 6) is -1.23. The van der Waals surface area contributed by atoms with Crippen molar-refractivity contribution < 1.29 is 14.8 Å². The number of carboxylic acids is 1. The van der Waals surface area contributed by atoms with Crippen LogP contribution >= 0.6 is 0 Å². The number of nitro benzene ring substituents is 1. The summed E-state index contributed by atoms with van der Waals surface area (Å²) in [5, 5.41) is 22.8. The Labute approximate surface area is 101 Å². The topological polar surface area (TPSA) is 129 Å². The zero-order chi connectivity index (χ0) is 13.5. The summed E-state index contributed by atoms with van der Waals surface area (Å²) in [6.45, 7) is 0.0638. The number of hydrogen-bond donors (Lipinski definition) is 1. The zero-order valence-electron chi connectivity index (χ0n) is 9.05. The molecule has 0 aliphatic carbocycles. The quantitative estimate of drug-likeness (QED) is 0.282. The van der Waals surface area contributed by atoms with Crippen LogP contribution in [0.15, 0.2) is 29.4 Å². The third kappa shape index (κ3) is 3.32. The van der Waals surface area contributed by atoms with Crippen LogP contribution in [0, 0.1) is 10.1 Å². The Morgan fingerprint density at radius 2 is 2.33 bits per heavy atom. The summed E-state index contributed by atoms with van der Waals surface area (Å²) < 4.78 is 0. The third-order valence-electron chi connectivity index (χ3n) is 2.02. The van der Waals surface area contributed by atoms with Gasteiger partial charge >= 0.3 is 5.97 Å². The van der Waals surface area contributed by atoms with Crippen molar-refractivity contribution in [3.63, 3.8) is 0 Å². The summed E-state index contributed by atoms with van der Waals surface area (Å²) in [7, 11) is 0. The maximum absolute atomic E-state index is 10.8. The molecule has 0 unspecified atom stereocenters. The lowest BCUT2D eigenvalue weighted by molar-refractivity contribution is -0.385. The smallest absolute Gasteiger partial charge is 0.335 e. The van der Waals surface area contributed by atoms with Gasteiger partial charge in [0.2, 0.25) is 0 Å². The lowest BCUT2D eigenvalue weighted by Gasteiger charge is -1.99. The van der Waals surface area contributed by atoms with E-state index in [1.54, 1.807) is 0 Å². The largest absolute Gasteiger partial charge is 0.478 e. The van der Waals surface area contributed by atoms with Gasteiger partial charge in [-0.2, -0.15) is 0 Å². The van der Waals surface area contributed by atoms with Crippen molar-refractivity contribution in [1.82, 2.24) is 0 Å². The zero-order valence-corrected chi connectivity index (χ0v) is 9.05. The maximum Gasteiger partial charge on any atom is 0.335 e. The van der Waals surface area contributed by atoms with E-state index in [1.165, 1.54) is 24.3 Å². The molecule has 0 aliphatic heterocycles. The number of hydrogen-bond acceptors (Lipinski definition) is 4. The van der Waals surface area contributed by atoms with Crippen molar-refractivity contribution in [2.75, 3.05) is 6.54 Å². The first kappa shape index (κ1) is 13.2. The Balaban J connectivity index is 3.11. The van der Waals surface area contributed by atoms with E-state index in [2.05, 4.69) is 10.0 Å². The molecule has 0 saturated carbocycles. The van der Waals surface area contributed by atoms with Gasteiger partial charge in [0.15, 0.2) is 0 Å². The van der Waals surface area contributed by atoms with Crippen molar-refractivity contribution >= 4 is 17.7 Å². The van der Waals surface area contributed by atoms with Crippen LogP contribution < -0.4 is 0 Å². The molecule has 0 aromatic heterocycles. The molecule has 0 fully saturated rings. The molecule has 8 nitrogen and oxygen atoms in total. The molecule has 1 aromatic carbocycles. The van der Waals surface area contributed by atoms with Gasteiger partial charge in [-0.1, -0.05) is 17.3 Å². The van der Waals surface area contributed by atoms with E-state index in [1.807, 2.05) is 0 Å². The predicted molar refractivity (Wildman–Crippen MR) is 63.1 cm³/mol. The maximum atomic E-state index is 10.8. The van der Waals surface area contributed by atoms with Crippen LogP contribution in [0.25, 0.3) is 16.5 Å². The van der Waals surface area contributed by atoms with Crippen molar-refractivity contribution in [2.45, 2.75) is 0 Å². The third-order valence-corrected chi connectivity index (χ3v) is 2.02. The van der Waals surface area contributed by atoms with E-state index < -0.39 is 10.9 Å². The molecule has 1 N–H and O–H groups in total. The number of carbonyl (C=O) groups is 1. The molecule has 0 radical (unpaired) electrons. The highest BCUT2D eigenvalue weighted by Crippen LogP contribution is 2.21. The Bertz CT molecular complexity index is 561. The molecule has 0 saturated heterocycles. The number of carboxylic acid groups (broad SMARTS) is 1. The van der Waals surface area contributed by atoms with E-state index in [9.17, 15) is 14.9 Å². The summed E-state index contributed by atoms with van der Waals surface area (Å²) >= 11 is 0. The van der Waals surface area contributed by atoms with Gasteiger partial charge in [0.1, 0.15) is 0 Å². The van der Waals surface area contributed by atoms with Gasteiger partial charge in [-0.15, -0.1) is 0 Å². The lowest BCUT2D eigenvalue weighted by Crippen LogP contribution is -1.99. The van der Waals surface area contributed by atoms with Crippen LogP contribution in [-0.4, -0.2) is 22.5 Å². The average Bonchev–Trinajstić information content (AvgIpc) is 2.34. The van der Waals surface area contributed by atoms with Crippen molar-refractivity contribution in [3.8, 4) is 0 Å². The van der Waals surface area contributed by atoms with Crippen LogP contribution in [-0.2, 0) is 0 Å². The van der Waals surface area contributed by atoms with Crippen LogP contribution in [0.3, 0.4) is 0 Å². The number of azide groups is 1. The Hall–Kier alpha value is -2.86. The van der Waals surface area contributed by atoms with Gasteiger partial charge in [0, 0.05) is 17.5 Å². The fraction of sp³-hybridized carbons (Fsp3) is 0.100. The molecular weight excluding hydrogens is 240 g/mol. The highest BCUT2D eigenvalue weighted by molar-refractivity contribution is 5.89. The molecule has 18 heavy (non-hydrogen) atoms. The molecule has 0 heterocycles. The van der Waals surface area contributed by atoms with Gasteiger partial charge in [0.25, 0.3) is 5.69 Å². The number of nitro groups is 1. The summed E-state index contributed by atoms with van der Waals surface area (Å²) in [6.07, 6.45) is 2.85. The predicted octanol–water partition coefficient (Wildman–Crippen LogP) is 2.62. The Morgan fingerprint density at radius 3 is 2.89 bits per heavy atom. The summed E-state index contributed by atoms with van der Waals surface area (Å²) in [4.78, 5) is 23.3. The number of nitrogens with zero attached hydrogens (tertiary/aromatic N) is 4. The molecule has 8 heteroatoms. The number of aromatic carboxylic acids is 1. The van der Waals surface area contributed by atoms with Crippen LogP contribution in [0.2, 0.25) is 0 Å². The number of benzene rings is 1. The SMILES string of the molecule is [N-]=[N+]=NCC=Cc1ccc(C(=O)O)cc1[N+](=O)[O-]. The molecule has 0 spiro atoms. The summed E-state index contributed by atoms with van der Waals surface area (Å²) in [6, 6.07) is 3.58. The fourth-order valence-corrected chi connectivity index (χ4v) is 1.24. The minimum Gasteiger partial charge on any atom is -0.478 e. The van der Waals surface area contributed by atoms with Crippen molar-refractivity contribution in [2.24, 2.45) is 5.11 Å². The molecular formula is C10H8N4O4. The first-order valence-electron chi connectivity index (χ1n) is 4.75. The minimum atomic E-state index is -1.23. The van der Waals surface area contributed by atoms with Crippen molar-refractivity contribution in [1.29, 1.82) is 0 Å². The number of rotatable bonds is 5. The van der Waals surface area contributed by atoms with E-state index in [0.29, 0.717) is 0 Å². The monoisotopic (exact) mass is 248 g/mol. The second-order valence-electron chi connectivity index (χ2n) is 3.15. The first-order chi connectivity index (χ1) is 8.56. The average molecular weight is 248 g/mol. The molecule has 0 amide bonds. The van der Waals surface area contributed by atoms with Gasteiger partial charge in [-0.05, 0) is 17.7 Å². The van der Waals surface area contributed by atoms with Gasteiger partial charge < -0.3 is 5.11 Å². The highest BCUT2D eigenvalue weighted by atomic mass is 16.6. The Morgan fingerprint density at radius 1 is 1.61 bits per heavy atom. The minimum absolute atomic E-state index is 0.0638. The molecule has 0 atom stereocenters. The highest BCUT2D eigenvalue weighted by Gasteiger charge is 2.15. The molecule has 1 aromatic rings. The van der Waals surface area contributed by atoms with Crippen LogP contribution in [0.5, 0.6) is 0 Å². The van der Waals surface area contributed by atoms with Gasteiger partial charge in [0.05, 0.1) is 16.1 Å². The van der Waals surface area contributed by atoms with Crippen molar-refractivity contribution in [3.05, 3.63) is 56.0 Å².